The predicted octanol–water partition coefficient (Wildman–Crippen LogP) is 6.02. The van der Waals surface area contributed by atoms with Crippen molar-refractivity contribution in [2.45, 2.75) is 68.0 Å². The first-order chi connectivity index (χ1) is 15.4. The van der Waals surface area contributed by atoms with Gasteiger partial charge in [0, 0.05) is 21.6 Å². The van der Waals surface area contributed by atoms with E-state index in [0.717, 1.165) is 27.1 Å². The fourth-order valence-electron chi connectivity index (χ4n) is 4.81. The Morgan fingerprint density at radius 2 is 1.36 bits per heavy atom. The second kappa shape index (κ2) is 7.22. The van der Waals surface area contributed by atoms with E-state index in [-0.39, 0.29) is 11.5 Å². The molecule has 174 valence electrons. The van der Waals surface area contributed by atoms with E-state index in [2.05, 4.69) is 25.5 Å². The normalized spacial score (nSPS) is 19.1. The van der Waals surface area contributed by atoms with E-state index < -0.39 is 28.9 Å². The van der Waals surface area contributed by atoms with Crippen LogP contribution in [0.1, 0.15) is 63.8 Å². The van der Waals surface area contributed by atoms with Crippen molar-refractivity contribution >= 4 is 24.1 Å². The summed E-state index contributed by atoms with van der Waals surface area (Å²) in [4.78, 5) is 26.2. The lowest BCUT2D eigenvalue weighted by molar-refractivity contribution is -0.135. The Balaban J connectivity index is 1.99. The highest BCUT2D eigenvalue weighted by atomic mass is 32.2. The van der Waals surface area contributed by atoms with Crippen LogP contribution in [0.15, 0.2) is 34.1 Å². The van der Waals surface area contributed by atoms with Crippen LogP contribution >= 0.6 is 11.8 Å². The van der Waals surface area contributed by atoms with Crippen molar-refractivity contribution in [1.29, 1.82) is 0 Å². The third-order valence-electron chi connectivity index (χ3n) is 5.88. The minimum Gasteiger partial charge on any atom is -0.390 e. The van der Waals surface area contributed by atoms with Crippen LogP contribution in [-0.4, -0.2) is 25.5 Å². The molecule has 2 aromatic carbocycles. The summed E-state index contributed by atoms with van der Waals surface area (Å²) in [6.07, 6.45) is -2.25. The van der Waals surface area contributed by atoms with Crippen molar-refractivity contribution in [2.24, 2.45) is 0 Å². The largest absolute Gasteiger partial charge is 0.524 e. The Labute approximate surface area is 196 Å². The van der Waals surface area contributed by atoms with Gasteiger partial charge in [-0.3, -0.25) is 0 Å². The molecule has 0 aromatic heterocycles. The molecule has 0 saturated carbocycles. The van der Waals surface area contributed by atoms with Crippen molar-refractivity contribution in [3.63, 3.8) is 0 Å². The Morgan fingerprint density at radius 3 is 1.97 bits per heavy atom. The van der Waals surface area contributed by atoms with Gasteiger partial charge in [-0.25, -0.2) is 9.59 Å². The number of carbonyl (C=O) groups is 2. The summed E-state index contributed by atoms with van der Waals surface area (Å²) >= 11 is 1.44. The van der Waals surface area contributed by atoms with Gasteiger partial charge in [-0.05, 0) is 22.5 Å². The third-order valence-corrected chi connectivity index (χ3v) is 7.05. The van der Waals surface area contributed by atoms with Gasteiger partial charge in [0.1, 0.15) is 0 Å². The van der Waals surface area contributed by atoms with Crippen LogP contribution in [-0.2, 0) is 30.8 Å². The highest BCUT2D eigenvalue weighted by Crippen LogP contribution is 2.62. The molecule has 1 fully saturated rings. The maximum atomic E-state index is 12.3. The summed E-state index contributed by atoms with van der Waals surface area (Å²) in [5.74, 6) is -0.822. The van der Waals surface area contributed by atoms with E-state index in [4.69, 9.17) is 18.9 Å². The number of carbonyl (C=O) groups excluding carboxylic acids is 2. The highest BCUT2D eigenvalue weighted by molar-refractivity contribution is 7.99. The van der Waals surface area contributed by atoms with Gasteiger partial charge >= 0.3 is 12.3 Å². The third kappa shape index (κ3) is 3.34. The average molecular weight is 471 g/mol. The Kier molecular flexibility index (Phi) is 4.87. The van der Waals surface area contributed by atoms with Crippen LogP contribution in [0.4, 0.5) is 9.59 Å². The predicted molar refractivity (Wildman–Crippen MR) is 120 cm³/mol. The minimum atomic E-state index is -1.17. The van der Waals surface area contributed by atoms with E-state index in [0.29, 0.717) is 18.1 Å². The van der Waals surface area contributed by atoms with Gasteiger partial charge in [0.2, 0.25) is 5.79 Å². The quantitative estimate of drug-likeness (QED) is 0.263. The molecule has 0 N–H and O–H groups in total. The molecule has 8 heteroatoms. The molecule has 0 radical (unpaired) electrons. The second-order valence-electron chi connectivity index (χ2n) is 10.3. The summed E-state index contributed by atoms with van der Waals surface area (Å²) in [6, 6.07) is 7.86. The molecule has 0 bridgehead atoms. The van der Waals surface area contributed by atoms with Gasteiger partial charge in [-0.1, -0.05) is 71.5 Å². The molecule has 0 amide bonds. The first-order valence-electron chi connectivity index (χ1n) is 10.9. The number of rotatable bonds is 0. The Hall–Kier alpha value is -2.55. The number of hydrogen-bond acceptors (Lipinski definition) is 8. The molecule has 33 heavy (non-hydrogen) atoms. The molecule has 0 unspecified atom stereocenters. The molecule has 7 nitrogen and oxygen atoms in total. The zero-order chi connectivity index (χ0) is 23.8. The van der Waals surface area contributed by atoms with Crippen molar-refractivity contribution in [3.05, 3.63) is 46.5 Å². The maximum absolute atomic E-state index is 12.3. The van der Waals surface area contributed by atoms with Crippen molar-refractivity contribution in [2.75, 3.05) is 13.2 Å². The zero-order valence-electron chi connectivity index (χ0n) is 19.5. The standard InChI is InChI=1S/C25H26O7S/c1-23(2,3)15-16(24(4,5)6)18-19(31-22(27)32-21(26)30-18)20-17(15)25(28-11-12-29-25)13-9-7-8-10-14(13)33-20/h7-10H,11-12H2,1-6H3. The van der Waals surface area contributed by atoms with Crippen LogP contribution in [0.3, 0.4) is 0 Å². The molecule has 0 aliphatic carbocycles. The van der Waals surface area contributed by atoms with Crippen molar-refractivity contribution in [3.8, 4) is 11.5 Å². The molecule has 5 rings (SSSR count). The smallest absolute Gasteiger partial charge is 0.390 e. The summed E-state index contributed by atoms with van der Waals surface area (Å²) in [7, 11) is 0. The van der Waals surface area contributed by atoms with Gasteiger partial charge in [-0.15, -0.1) is 0 Å². The van der Waals surface area contributed by atoms with Gasteiger partial charge in [0.15, 0.2) is 11.5 Å². The van der Waals surface area contributed by atoms with Crippen molar-refractivity contribution in [1.82, 2.24) is 0 Å². The molecule has 3 aliphatic heterocycles. The van der Waals surface area contributed by atoms with Gasteiger partial charge < -0.3 is 23.7 Å². The van der Waals surface area contributed by atoms with Crippen LogP contribution < -0.4 is 9.47 Å². The lowest BCUT2D eigenvalue weighted by Crippen LogP contribution is -2.38. The monoisotopic (exact) mass is 470 g/mol. The lowest BCUT2D eigenvalue weighted by Gasteiger charge is -2.42. The summed E-state index contributed by atoms with van der Waals surface area (Å²) in [5.41, 5.74) is 2.47. The lowest BCUT2D eigenvalue weighted by atomic mass is 9.70. The molecule has 1 spiro atoms. The van der Waals surface area contributed by atoms with E-state index in [1.165, 1.54) is 11.8 Å². The van der Waals surface area contributed by atoms with Gasteiger partial charge in [-0.2, -0.15) is 0 Å². The Bertz CT molecular complexity index is 1180. The molecular formula is C25H26O7S. The molecule has 1 saturated heterocycles. The van der Waals surface area contributed by atoms with Crippen LogP contribution in [0.5, 0.6) is 11.5 Å². The number of cyclic esters (lactones) is 2. The van der Waals surface area contributed by atoms with Gasteiger partial charge in [0.05, 0.1) is 18.1 Å². The number of ether oxygens (including phenoxy) is 5. The fourth-order valence-corrected chi connectivity index (χ4v) is 6.05. The van der Waals surface area contributed by atoms with E-state index in [1.54, 1.807) is 0 Å². The highest BCUT2D eigenvalue weighted by Gasteiger charge is 2.53. The van der Waals surface area contributed by atoms with Crippen molar-refractivity contribution < 1.29 is 33.3 Å². The summed E-state index contributed by atoms with van der Waals surface area (Å²) in [5, 5.41) is 0. The molecule has 3 heterocycles. The van der Waals surface area contributed by atoms with Crippen LogP contribution in [0.2, 0.25) is 0 Å². The molecule has 0 atom stereocenters. The first-order valence-corrected chi connectivity index (χ1v) is 11.7. The summed E-state index contributed by atoms with van der Waals surface area (Å²) < 4.78 is 28.7. The Morgan fingerprint density at radius 1 is 0.788 bits per heavy atom. The first kappa shape index (κ1) is 22.3. The maximum Gasteiger partial charge on any atom is 0.524 e. The van der Waals surface area contributed by atoms with E-state index in [9.17, 15) is 9.59 Å². The number of benzene rings is 2. The minimum absolute atomic E-state index is 0.150. The molecular weight excluding hydrogens is 444 g/mol. The summed E-state index contributed by atoms with van der Waals surface area (Å²) in [6.45, 7) is 13.2. The van der Waals surface area contributed by atoms with E-state index in [1.807, 2.05) is 45.0 Å². The van der Waals surface area contributed by atoms with Crippen LogP contribution in [0.25, 0.3) is 0 Å². The van der Waals surface area contributed by atoms with E-state index >= 15 is 0 Å². The molecule has 3 aliphatic rings. The van der Waals surface area contributed by atoms with Crippen LogP contribution in [0, 0.1) is 0 Å². The average Bonchev–Trinajstić information content (AvgIpc) is 3.12. The number of hydrogen-bond donors (Lipinski definition) is 0. The topological polar surface area (TPSA) is 80.3 Å². The zero-order valence-corrected chi connectivity index (χ0v) is 20.3. The molecule has 2 aromatic rings. The van der Waals surface area contributed by atoms with Gasteiger partial charge in [0.25, 0.3) is 0 Å². The second-order valence-corrected chi connectivity index (χ2v) is 11.4. The SMILES string of the molecule is CC(C)(C)c1c2c(c3c(c1C(C)(C)C)C1(OCCO1)c1ccccc1S3)OC(=O)OC(=O)O2. The fraction of sp³-hybridized carbons (Fsp3) is 0.440. The number of fused-ring (bicyclic) bond motifs is 6.